The fourth-order valence-corrected chi connectivity index (χ4v) is 3.24. The predicted molar refractivity (Wildman–Crippen MR) is 110 cm³/mol. The number of carbonyl (C=O) groups excluding carboxylic acids is 1. The summed E-state index contributed by atoms with van der Waals surface area (Å²) < 4.78 is 5.41. The Morgan fingerprint density at radius 2 is 1.86 bits per heavy atom. The lowest BCUT2D eigenvalue weighted by atomic mass is 10.0. The second-order valence-corrected chi connectivity index (χ2v) is 6.88. The summed E-state index contributed by atoms with van der Waals surface area (Å²) in [6.45, 7) is 4.16. The van der Waals surface area contributed by atoms with E-state index in [1.807, 2.05) is 56.3 Å². The van der Waals surface area contributed by atoms with Crippen LogP contribution in [0, 0.1) is 6.92 Å². The van der Waals surface area contributed by atoms with E-state index in [1.54, 1.807) is 18.2 Å². The highest BCUT2D eigenvalue weighted by Crippen LogP contribution is 2.26. The number of benzene rings is 2. The maximum Gasteiger partial charge on any atom is 0.411 e. The molecular formula is C23H24N2O4. The zero-order chi connectivity index (χ0) is 20.8. The first-order valence-corrected chi connectivity index (χ1v) is 9.57. The lowest BCUT2D eigenvalue weighted by Gasteiger charge is -2.28. The van der Waals surface area contributed by atoms with Gasteiger partial charge in [0.25, 0.3) is 0 Å². The van der Waals surface area contributed by atoms with E-state index in [-0.39, 0.29) is 13.2 Å². The highest BCUT2D eigenvalue weighted by atomic mass is 16.6. The Bertz CT molecular complexity index is 1000. The predicted octanol–water partition coefficient (Wildman–Crippen LogP) is 4.72. The number of carboxylic acid groups (broad SMARTS) is 1. The monoisotopic (exact) mass is 392 g/mol. The first kappa shape index (κ1) is 20.3. The second kappa shape index (κ2) is 9.19. The van der Waals surface area contributed by atoms with Crippen LogP contribution in [0.3, 0.4) is 0 Å². The Morgan fingerprint density at radius 1 is 1.10 bits per heavy atom. The van der Waals surface area contributed by atoms with Gasteiger partial charge in [0, 0.05) is 17.6 Å². The van der Waals surface area contributed by atoms with Crippen LogP contribution in [0.1, 0.15) is 36.2 Å². The van der Waals surface area contributed by atoms with E-state index in [9.17, 15) is 14.7 Å². The molecule has 3 aromatic rings. The third-order valence-corrected chi connectivity index (χ3v) is 4.62. The summed E-state index contributed by atoms with van der Waals surface area (Å²) in [4.78, 5) is 30.6. The van der Waals surface area contributed by atoms with Crippen molar-refractivity contribution in [3.05, 3.63) is 77.5 Å². The molecule has 1 aromatic heterocycles. The molecule has 0 aliphatic heterocycles. The molecule has 0 aliphatic carbocycles. The average molecular weight is 392 g/mol. The molecule has 0 saturated carbocycles. The summed E-state index contributed by atoms with van der Waals surface area (Å²) in [5.74, 6) is -1.10. The minimum Gasteiger partial charge on any atom is -0.479 e. The van der Waals surface area contributed by atoms with Gasteiger partial charge in [-0.3, -0.25) is 9.88 Å². The van der Waals surface area contributed by atoms with Crippen molar-refractivity contribution in [3.63, 3.8) is 0 Å². The fraction of sp³-hybridized carbons (Fsp3) is 0.261. The zero-order valence-corrected chi connectivity index (χ0v) is 16.5. The Morgan fingerprint density at radius 3 is 2.55 bits per heavy atom. The van der Waals surface area contributed by atoms with Crippen LogP contribution >= 0.6 is 0 Å². The third-order valence-electron chi connectivity index (χ3n) is 4.62. The van der Waals surface area contributed by atoms with E-state index in [0.29, 0.717) is 12.0 Å². The average Bonchev–Trinajstić information content (AvgIpc) is 2.72. The third kappa shape index (κ3) is 4.90. The van der Waals surface area contributed by atoms with Gasteiger partial charge < -0.3 is 9.84 Å². The van der Waals surface area contributed by atoms with Crippen LogP contribution in [0.25, 0.3) is 10.9 Å². The van der Waals surface area contributed by atoms with Gasteiger partial charge in [-0.1, -0.05) is 49.4 Å². The quantitative estimate of drug-likeness (QED) is 0.629. The van der Waals surface area contributed by atoms with Crippen LogP contribution in [0.15, 0.2) is 60.7 Å². The molecule has 1 heterocycles. The van der Waals surface area contributed by atoms with E-state index in [2.05, 4.69) is 4.98 Å². The highest BCUT2D eigenvalue weighted by molar-refractivity contribution is 5.85. The Hall–Kier alpha value is -3.41. The van der Waals surface area contributed by atoms with Gasteiger partial charge in [0.1, 0.15) is 6.61 Å². The number of fused-ring (bicyclic) bond motifs is 1. The first-order valence-electron chi connectivity index (χ1n) is 9.57. The number of hydrogen-bond donors (Lipinski definition) is 1. The molecule has 0 radical (unpaired) electrons. The van der Waals surface area contributed by atoms with Gasteiger partial charge in [-0.25, -0.2) is 9.59 Å². The number of nitrogens with zero attached hydrogens (tertiary/aromatic N) is 2. The van der Waals surface area contributed by atoms with E-state index < -0.39 is 18.1 Å². The second-order valence-electron chi connectivity index (χ2n) is 6.88. The number of ether oxygens (including phenoxy) is 1. The number of pyridine rings is 1. The van der Waals surface area contributed by atoms with Crippen molar-refractivity contribution in [1.82, 2.24) is 9.88 Å². The lowest BCUT2D eigenvalue weighted by Crippen LogP contribution is -2.39. The molecule has 6 nitrogen and oxygen atoms in total. The largest absolute Gasteiger partial charge is 0.479 e. The molecule has 1 N–H and O–H groups in total. The molecule has 0 bridgehead atoms. The summed E-state index contributed by atoms with van der Waals surface area (Å²) in [7, 11) is 0. The van der Waals surface area contributed by atoms with Crippen LogP contribution in [-0.2, 0) is 16.1 Å². The maximum atomic E-state index is 12.8. The molecular weight excluding hydrogens is 368 g/mol. The van der Waals surface area contributed by atoms with Gasteiger partial charge in [-0.2, -0.15) is 0 Å². The molecule has 1 amide bonds. The van der Waals surface area contributed by atoms with Gasteiger partial charge in [-0.05, 0) is 42.7 Å². The van der Waals surface area contributed by atoms with Crippen molar-refractivity contribution < 1.29 is 19.4 Å². The van der Waals surface area contributed by atoms with Gasteiger partial charge in [0.15, 0.2) is 6.04 Å². The number of amides is 1. The van der Waals surface area contributed by atoms with Crippen molar-refractivity contribution in [1.29, 1.82) is 0 Å². The minimum absolute atomic E-state index is 0.0904. The van der Waals surface area contributed by atoms with Crippen molar-refractivity contribution in [2.45, 2.75) is 32.9 Å². The van der Waals surface area contributed by atoms with Crippen molar-refractivity contribution in [3.8, 4) is 0 Å². The van der Waals surface area contributed by atoms with Crippen LogP contribution in [0.5, 0.6) is 0 Å². The van der Waals surface area contributed by atoms with E-state index in [1.165, 1.54) is 4.90 Å². The van der Waals surface area contributed by atoms with Gasteiger partial charge in [-0.15, -0.1) is 0 Å². The van der Waals surface area contributed by atoms with Gasteiger partial charge in [0.2, 0.25) is 0 Å². The Balaban J connectivity index is 1.88. The summed E-state index contributed by atoms with van der Waals surface area (Å²) in [5, 5.41) is 10.7. The summed E-state index contributed by atoms with van der Waals surface area (Å²) in [6.07, 6.45) is -0.0383. The molecule has 150 valence electrons. The Kier molecular flexibility index (Phi) is 6.44. The van der Waals surface area contributed by atoms with E-state index in [4.69, 9.17) is 4.74 Å². The molecule has 0 spiro atoms. The molecule has 0 saturated heterocycles. The fourth-order valence-electron chi connectivity index (χ4n) is 3.24. The number of aryl methyl sites for hydroxylation is 1. The van der Waals surface area contributed by atoms with E-state index in [0.717, 1.165) is 22.2 Å². The zero-order valence-electron chi connectivity index (χ0n) is 16.5. The number of aliphatic carboxylic acids is 1. The molecule has 3 rings (SSSR count). The standard InChI is InChI=1S/C23H24N2O4/c1-3-13-25(23(28)29-15-17-7-5-4-6-8-17)21(22(26)27)19-11-12-20-18(14-19)10-9-16(2)24-20/h4-12,14,21H,3,13,15H2,1-2H3,(H,26,27). The summed E-state index contributed by atoms with van der Waals surface area (Å²) in [6, 6.07) is 17.2. The SMILES string of the molecule is CCCN(C(=O)OCc1ccccc1)C(C(=O)O)c1ccc2nc(C)ccc2c1. The van der Waals surface area contributed by atoms with Crippen molar-refractivity contribution in [2.24, 2.45) is 0 Å². The molecule has 1 atom stereocenters. The number of carbonyl (C=O) groups is 2. The first-order chi connectivity index (χ1) is 14.0. The molecule has 6 heteroatoms. The van der Waals surface area contributed by atoms with Crippen molar-refractivity contribution in [2.75, 3.05) is 6.54 Å². The normalized spacial score (nSPS) is 11.8. The van der Waals surface area contributed by atoms with Crippen molar-refractivity contribution >= 4 is 23.0 Å². The highest BCUT2D eigenvalue weighted by Gasteiger charge is 2.32. The molecule has 0 aliphatic rings. The minimum atomic E-state index is -1.14. The molecule has 29 heavy (non-hydrogen) atoms. The molecule has 1 unspecified atom stereocenters. The van der Waals surface area contributed by atoms with Crippen LogP contribution in [-0.4, -0.2) is 33.6 Å². The number of rotatable bonds is 7. The smallest absolute Gasteiger partial charge is 0.411 e. The van der Waals surface area contributed by atoms with Gasteiger partial charge in [0.05, 0.1) is 5.52 Å². The summed E-state index contributed by atoms with van der Waals surface area (Å²) in [5.41, 5.74) is 3.03. The maximum absolute atomic E-state index is 12.8. The number of aromatic nitrogens is 1. The number of hydrogen-bond acceptors (Lipinski definition) is 4. The molecule has 2 aromatic carbocycles. The topological polar surface area (TPSA) is 79.7 Å². The van der Waals surface area contributed by atoms with E-state index >= 15 is 0 Å². The van der Waals surface area contributed by atoms with Crippen LogP contribution in [0.2, 0.25) is 0 Å². The lowest BCUT2D eigenvalue weighted by molar-refractivity contribution is -0.143. The van der Waals surface area contributed by atoms with Crippen LogP contribution in [0.4, 0.5) is 4.79 Å². The van der Waals surface area contributed by atoms with Crippen LogP contribution < -0.4 is 0 Å². The number of carboxylic acids is 1. The van der Waals surface area contributed by atoms with Gasteiger partial charge >= 0.3 is 12.1 Å². The Labute approximate surface area is 169 Å². The summed E-state index contributed by atoms with van der Waals surface area (Å²) >= 11 is 0. The molecule has 0 fully saturated rings.